The van der Waals surface area contributed by atoms with Crippen LogP contribution in [0, 0.1) is 11.8 Å². The van der Waals surface area contributed by atoms with Gasteiger partial charge in [0.2, 0.25) is 5.91 Å². The SMILES string of the molecule is O=C(C1CC1)N1N=C(C2CCCCC2)C[C@@]1(O)C(F)(F)F. The number of alkyl halides is 3. The van der Waals surface area contributed by atoms with Crippen LogP contribution in [0.15, 0.2) is 5.10 Å². The Labute approximate surface area is 121 Å². The number of carbonyl (C=O) groups is 1. The minimum atomic E-state index is -4.89. The molecule has 2 fully saturated rings. The average molecular weight is 304 g/mol. The van der Waals surface area contributed by atoms with E-state index in [0.717, 1.165) is 32.1 Å². The molecule has 2 saturated carbocycles. The van der Waals surface area contributed by atoms with Crippen LogP contribution >= 0.6 is 0 Å². The molecule has 0 aromatic heterocycles. The summed E-state index contributed by atoms with van der Waals surface area (Å²) in [4.78, 5) is 12.1. The first kappa shape index (κ1) is 14.8. The zero-order chi connectivity index (χ0) is 15.3. The third kappa shape index (κ3) is 2.56. The highest BCUT2D eigenvalue weighted by Crippen LogP contribution is 2.45. The number of aliphatic hydroxyl groups is 1. The van der Waals surface area contributed by atoms with E-state index in [-0.39, 0.29) is 5.92 Å². The van der Waals surface area contributed by atoms with Gasteiger partial charge in [0.1, 0.15) is 0 Å². The third-order valence-corrected chi connectivity index (χ3v) is 4.67. The summed E-state index contributed by atoms with van der Waals surface area (Å²) in [6, 6.07) is 0. The Hall–Kier alpha value is -1.11. The van der Waals surface area contributed by atoms with Crippen molar-refractivity contribution in [2.24, 2.45) is 16.9 Å². The molecule has 0 aromatic carbocycles. The molecule has 0 spiro atoms. The predicted octanol–water partition coefficient (Wildman–Crippen LogP) is 2.82. The molecule has 118 valence electrons. The Bertz CT molecular complexity index is 467. The van der Waals surface area contributed by atoms with Gasteiger partial charge in [-0.05, 0) is 31.6 Å². The lowest BCUT2D eigenvalue weighted by atomic mass is 9.83. The normalized spacial score (nSPS) is 31.4. The molecule has 0 saturated heterocycles. The van der Waals surface area contributed by atoms with Crippen LogP contribution in [0.25, 0.3) is 0 Å². The molecule has 1 N–H and O–H groups in total. The van der Waals surface area contributed by atoms with Crippen molar-refractivity contribution in [1.29, 1.82) is 0 Å². The first-order chi connectivity index (χ1) is 9.83. The summed E-state index contributed by atoms with van der Waals surface area (Å²) in [6.45, 7) is 0. The topological polar surface area (TPSA) is 52.9 Å². The van der Waals surface area contributed by atoms with Gasteiger partial charge in [-0.2, -0.15) is 23.3 Å². The number of hydrogen-bond acceptors (Lipinski definition) is 3. The van der Waals surface area contributed by atoms with Gasteiger partial charge in [-0.3, -0.25) is 4.79 Å². The van der Waals surface area contributed by atoms with Crippen molar-refractivity contribution in [3.05, 3.63) is 0 Å². The van der Waals surface area contributed by atoms with Crippen molar-refractivity contribution in [3.63, 3.8) is 0 Å². The molecule has 1 heterocycles. The summed E-state index contributed by atoms with van der Waals surface area (Å²) in [7, 11) is 0. The molecule has 0 radical (unpaired) electrons. The molecule has 3 rings (SSSR count). The summed E-state index contributed by atoms with van der Waals surface area (Å²) in [6.07, 6.45) is 0.260. The number of amides is 1. The molecular weight excluding hydrogens is 285 g/mol. The van der Waals surface area contributed by atoms with E-state index in [0.29, 0.717) is 23.6 Å². The summed E-state index contributed by atoms with van der Waals surface area (Å²) in [5, 5.41) is 14.4. The van der Waals surface area contributed by atoms with Crippen molar-refractivity contribution in [1.82, 2.24) is 5.01 Å². The van der Waals surface area contributed by atoms with Crippen LogP contribution in [0.5, 0.6) is 0 Å². The highest BCUT2D eigenvalue weighted by Gasteiger charge is 2.64. The van der Waals surface area contributed by atoms with Gasteiger partial charge in [0.25, 0.3) is 5.72 Å². The van der Waals surface area contributed by atoms with Gasteiger partial charge in [0.05, 0.1) is 0 Å². The summed E-state index contributed by atoms with van der Waals surface area (Å²) in [5.41, 5.74) is -2.82. The molecule has 4 nitrogen and oxygen atoms in total. The molecule has 1 atom stereocenters. The van der Waals surface area contributed by atoms with Crippen molar-refractivity contribution < 1.29 is 23.1 Å². The van der Waals surface area contributed by atoms with Gasteiger partial charge in [-0.15, -0.1) is 0 Å². The van der Waals surface area contributed by atoms with Crippen LogP contribution in [0.2, 0.25) is 0 Å². The standard InChI is InChI=1S/C14H19F3N2O2/c15-14(16,17)13(21)8-11(9-4-2-1-3-5-9)18-19(13)12(20)10-6-7-10/h9-10,21H,1-8H2/t13-/m1/s1. The minimum Gasteiger partial charge on any atom is -0.362 e. The lowest BCUT2D eigenvalue weighted by molar-refractivity contribution is -0.302. The Morgan fingerprint density at radius 1 is 1.19 bits per heavy atom. The molecule has 21 heavy (non-hydrogen) atoms. The fourth-order valence-corrected chi connectivity index (χ4v) is 3.19. The summed E-state index contributed by atoms with van der Waals surface area (Å²) < 4.78 is 39.8. The molecule has 1 aliphatic heterocycles. The molecule has 2 aliphatic carbocycles. The van der Waals surface area contributed by atoms with Gasteiger partial charge < -0.3 is 5.11 Å². The maximum Gasteiger partial charge on any atom is 0.438 e. The smallest absolute Gasteiger partial charge is 0.362 e. The van der Waals surface area contributed by atoms with Gasteiger partial charge in [0, 0.05) is 18.1 Å². The second kappa shape index (κ2) is 4.97. The molecule has 7 heteroatoms. The van der Waals surface area contributed by atoms with Crippen molar-refractivity contribution in [2.75, 3.05) is 0 Å². The number of hydrogen-bond donors (Lipinski definition) is 1. The fraction of sp³-hybridized carbons (Fsp3) is 0.857. The largest absolute Gasteiger partial charge is 0.438 e. The maximum absolute atomic E-state index is 13.3. The molecule has 0 aromatic rings. The van der Waals surface area contributed by atoms with Crippen molar-refractivity contribution in [2.45, 2.75) is 63.3 Å². The second-order valence-electron chi connectivity index (χ2n) is 6.34. The zero-order valence-electron chi connectivity index (χ0n) is 11.7. The van der Waals surface area contributed by atoms with E-state index in [2.05, 4.69) is 5.10 Å². The van der Waals surface area contributed by atoms with E-state index in [9.17, 15) is 23.1 Å². The first-order valence-corrected chi connectivity index (χ1v) is 7.53. The van der Waals surface area contributed by atoms with Crippen LogP contribution in [0.4, 0.5) is 13.2 Å². The van der Waals surface area contributed by atoms with Crippen LogP contribution in [0.1, 0.15) is 51.4 Å². The number of halogens is 3. The fourth-order valence-electron chi connectivity index (χ4n) is 3.19. The number of carbonyl (C=O) groups excluding carboxylic acids is 1. The second-order valence-corrected chi connectivity index (χ2v) is 6.34. The monoisotopic (exact) mass is 304 g/mol. The summed E-state index contributed by atoms with van der Waals surface area (Å²) in [5.74, 6) is -1.14. The molecule has 0 unspecified atom stereocenters. The Balaban J connectivity index is 1.86. The highest BCUT2D eigenvalue weighted by atomic mass is 19.4. The molecule has 0 bridgehead atoms. The van der Waals surface area contributed by atoms with E-state index in [4.69, 9.17) is 0 Å². The Kier molecular flexibility index (Phi) is 3.50. The molecule has 3 aliphatic rings. The zero-order valence-corrected chi connectivity index (χ0v) is 11.7. The molecule has 1 amide bonds. The average Bonchev–Trinajstić information content (AvgIpc) is 3.21. The van der Waals surface area contributed by atoms with E-state index in [1.54, 1.807) is 0 Å². The number of nitrogens with zero attached hydrogens (tertiary/aromatic N) is 2. The van der Waals surface area contributed by atoms with Gasteiger partial charge in [-0.1, -0.05) is 19.3 Å². The van der Waals surface area contributed by atoms with E-state index in [1.807, 2.05) is 0 Å². The third-order valence-electron chi connectivity index (χ3n) is 4.67. The minimum absolute atomic E-state index is 0.0374. The number of rotatable bonds is 2. The summed E-state index contributed by atoms with van der Waals surface area (Å²) >= 11 is 0. The van der Waals surface area contributed by atoms with Gasteiger partial charge in [-0.25, -0.2) is 0 Å². The van der Waals surface area contributed by atoms with Crippen LogP contribution < -0.4 is 0 Å². The number of hydrazone groups is 1. The van der Waals surface area contributed by atoms with Gasteiger partial charge >= 0.3 is 6.18 Å². The van der Waals surface area contributed by atoms with Crippen LogP contribution in [0.3, 0.4) is 0 Å². The predicted molar refractivity (Wildman–Crippen MR) is 69.2 cm³/mol. The molecular formula is C14H19F3N2O2. The van der Waals surface area contributed by atoms with E-state index < -0.39 is 30.1 Å². The maximum atomic E-state index is 13.3. The lowest BCUT2D eigenvalue weighted by Crippen LogP contribution is -2.57. The quantitative estimate of drug-likeness (QED) is 0.853. The lowest BCUT2D eigenvalue weighted by Gasteiger charge is -2.32. The van der Waals surface area contributed by atoms with Gasteiger partial charge in [0.15, 0.2) is 0 Å². The van der Waals surface area contributed by atoms with E-state index in [1.165, 1.54) is 0 Å². The van der Waals surface area contributed by atoms with Crippen LogP contribution in [-0.2, 0) is 4.79 Å². The van der Waals surface area contributed by atoms with Crippen LogP contribution in [-0.4, -0.2) is 33.6 Å². The van der Waals surface area contributed by atoms with E-state index >= 15 is 0 Å². The van der Waals surface area contributed by atoms with Crippen molar-refractivity contribution in [3.8, 4) is 0 Å². The van der Waals surface area contributed by atoms with Crippen molar-refractivity contribution >= 4 is 11.6 Å². The Morgan fingerprint density at radius 3 is 2.33 bits per heavy atom. The Morgan fingerprint density at radius 2 is 1.81 bits per heavy atom. The first-order valence-electron chi connectivity index (χ1n) is 7.53. The highest BCUT2D eigenvalue weighted by molar-refractivity contribution is 5.93.